The van der Waals surface area contributed by atoms with Gasteiger partial charge >= 0.3 is 0 Å². The third-order valence-corrected chi connectivity index (χ3v) is 13.1. The summed E-state index contributed by atoms with van der Waals surface area (Å²) in [6.07, 6.45) is 0. The molecule has 0 amide bonds. The Bertz CT molecular complexity index is 3550. The summed E-state index contributed by atoms with van der Waals surface area (Å²) in [6, 6.07) is 71.9. The second-order valence-corrected chi connectivity index (χ2v) is 16.2. The summed E-state index contributed by atoms with van der Waals surface area (Å²) in [5, 5.41) is 9.78. The van der Waals surface area contributed by atoms with E-state index < -0.39 is 5.41 Å². The lowest BCUT2D eigenvalue weighted by Gasteiger charge is -2.43. The Hall–Kier alpha value is -7.42. The smallest absolute Gasteiger partial charge is 0.135 e. The molecular formula is C56H35NO. The van der Waals surface area contributed by atoms with Gasteiger partial charge < -0.3 is 9.32 Å². The van der Waals surface area contributed by atoms with E-state index >= 15 is 0 Å². The number of rotatable bonds is 3. The molecule has 1 aliphatic heterocycles. The Morgan fingerprint density at radius 1 is 0.379 bits per heavy atom. The average molecular weight is 738 g/mol. The normalized spacial score (nSPS) is 15.4. The van der Waals surface area contributed by atoms with Crippen LogP contribution in [-0.4, -0.2) is 0 Å². The summed E-state index contributed by atoms with van der Waals surface area (Å²) >= 11 is 0. The van der Waals surface area contributed by atoms with E-state index in [1.54, 1.807) is 0 Å². The van der Waals surface area contributed by atoms with Gasteiger partial charge in [-0.2, -0.15) is 0 Å². The van der Waals surface area contributed by atoms with Crippen LogP contribution in [-0.2, 0) is 5.41 Å². The maximum absolute atomic E-state index is 6.25. The van der Waals surface area contributed by atoms with Crippen molar-refractivity contribution in [3.05, 3.63) is 211 Å². The van der Waals surface area contributed by atoms with Gasteiger partial charge in [-0.25, -0.2) is 0 Å². The van der Waals surface area contributed by atoms with Gasteiger partial charge in [0.1, 0.15) is 11.2 Å². The number of hydrogen-bond acceptors (Lipinski definition) is 2. The first-order valence-corrected chi connectivity index (χ1v) is 20.2. The quantitative estimate of drug-likeness (QED) is 0.180. The van der Waals surface area contributed by atoms with Crippen LogP contribution < -0.4 is 4.90 Å². The molecule has 0 saturated carbocycles. The van der Waals surface area contributed by atoms with E-state index in [-0.39, 0.29) is 0 Å². The SMILES string of the molecule is CC12c3cc4ccccc4cc3-c3cccc(c31)N(c1cc(-c3ccc4ccccc4c3)c3ccccc3c1)c1ccc(-c3ccc4oc5ccccc5c4c3)cc12. The van der Waals surface area contributed by atoms with Crippen LogP contribution >= 0.6 is 0 Å². The van der Waals surface area contributed by atoms with Crippen LogP contribution in [0.2, 0.25) is 0 Å². The number of nitrogens with zero attached hydrogens (tertiary/aromatic N) is 1. The molecule has 0 N–H and O–H groups in total. The molecule has 2 heterocycles. The molecule has 0 saturated heterocycles. The zero-order valence-corrected chi connectivity index (χ0v) is 31.8. The van der Waals surface area contributed by atoms with Crippen LogP contribution in [0.1, 0.15) is 23.6 Å². The van der Waals surface area contributed by atoms with E-state index in [0.717, 1.165) is 27.6 Å². The Kier molecular flexibility index (Phi) is 6.33. The second kappa shape index (κ2) is 11.6. The van der Waals surface area contributed by atoms with Gasteiger partial charge in [-0.1, -0.05) is 127 Å². The first-order chi connectivity index (χ1) is 28.6. The molecule has 0 bridgehead atoms. The van der Waals surface area contributed by atoms with Crippen LogP contribution in [0, 0.1) is 0 Å². The molecule has 1 aromatic heterocycles. The van der Waals surface area contributed by atoms with Crippen molar-refractivity contribution in [1.29, 1.82) is 0 Å². The summed E-state index contributed by atoms with van der Waals surface area (Å²) in [5.74, 6) is 0. The second-order valence-electron chi connectivity index (χ2n) is 16.2. The van der Waals surface area contributed by atoms with E-state index in [0.29, 0.717) is 0 Å². The molecule has 10 aromatic carbocycles. The van der Waals surface area contributed by atoms with Gasteiger partial charge in [0, 0.05) is 21.9 Å². The molecule has 0 radical (unpaired) electrons. The largest absolute Gasteiger partial charge is 0.456 e. The predicted molar refractivity (Wildman–Crippen MR) is 243 cm³/mol. The maximum atomic E-state index is 6.25. The summed E-state index contributed by atoms with van der Waals surface area (Å²) in [6.45, 7) is 2.46. The van der Waals surface area contributed by atoms with Crippen molar-refractivity contribution in [3.8, 4) is 33.4 Å². The topological polar surface area (TPSA) is 16.4 Å². The van der Waals surface area contributed by atoms with Crippen molar-refractivity contribution in [3.63, 3.8) is 0 Å². The first-order valence-electron chi connectivity index (χ1n) is 20.2. The minimum atomic E-state index is -0.391. The number of hydrogen-bond donors (Lipinski definition) is 0. The highest BCUT2D eigenvalue weighted by Gasteiger charge is 2.48. The fourth-order valence-corrected chi connectivity index (χ4v) is 10.4. The Morgan fingerprint density at radius 2 is 1.05 bits per heavy atom. The van der Waals surface area contributed by atoms with E-state index in [9.17, 15) is 0 Å². The van der Waals surface area contributed by atoms with Gasteiger partial charge in [0.15, 0.2) is 0 Å². The minimum absolute atomic E-state index is 0.391. The van der Waals surface area contributed by atoms with Crippen LogP contribution in [0.5, 0.6) is 0 Å². The number of para-hydroxylation sites is 1. The van der Waals surface area contributed by atoms with Crippen LogP contribution in [0.15, 0.2) is 199 Å². The number of fused-ring (bicyclic) bond motifs is 11. The molecular weight excluding hydrogens is 703 g/mol. The minimum Gasteiger partial charge on any atom is -0.456 e. The zero-order chi connectivity index (χ0) is 38.1. The van der Waals surface area contributed by atoms with Crippen molar-refractivity contribution >= 4 is 71.3 Å². The molecule has 13 rings (SSSR count). The summed E-state index contributed by atoms with van der Waals surface area (Å²) in [4.78, 5) is 2.54. The summed E-state index contributed by atoms with van der Waals surface area (Å²) in [7, 11) is 0. The molecule has 0 spiro atoms. The standard InChI is InChI=1S/C56H35NO/c1-56-49-31-37-14-5-4-13-36(37)29-47(49)45-18-10-19-52(55(45)56)57(42-28-40-15-6-7-16-43(40)46(33-42)41-22-21-34-11-2-3-12-35(34)27-41)51-25-23-39(32-50(51)56)38-24-26-54-48(30-38)44-17-8-9-20-53(44)58-54/h2-33H,1H3. The Balaban J connectivity index is 1.09. The van der Waals surface area contributed by atoms with Crippen molar-refractivity contribution < 1.29 is 4.42 Å². The van der Waals surface area contributed by atoms with Crippen LogP contribution in [0.4, 0.5) is 17.1 Å². The zero-order valence-electron chi connectivity index (χ0n) is 31.8. The monoisotopic (exact) mass is 737 g/mol. The summed E-state index contributed by atoms with van der Waals surface area (Å²) < 4.78 is 6.25. The lowest BCUT2D eigenvalue weighted by molar-refractivity contribution is 0.669. The highest BCUT2D eigenvalue weighted by molar-refractivity contribution is 6.08. The van der Waals surface area contributed by atoms with E-state index in [1.807, 2.05) is 6.07 Å². The average Bonchev–Trinajstić information content (AvgIpc) is 3.78. The molecule has 0 fully saturated rings. The molecule has 2 heteroatoms. The molecule has 270 valence electrons. The predicted octanol–water partition coefficient (Wildman–Crippen LogP) is 15.5. The van der Waals surface area contributed by atoms with E-state index in [1.165, 1.54) is 93.8 Å². The van der Waals surface area contributed by atoms with Gasteiger partial charge in [0.2, 0.25) is 0 Å². The molecule has 1 unspecified atom stereocenters. The lowest BCUT2D eigenvalue weighted by Crippen LogP contribution is -2.32. The number of anilines is 3. The third-order valence-electron chi connectivity index (χ3n) is 13.1. The van der Waals surface area contributed by atoms with Gasteiger partial charge in [0.05, 0.1) is 11.4 Å². The Morgan fingerprint density at radius 3 is 1.91 bits per heavy atom. The maximum Gasteiger partial charge on any atom is 0.135 e. The van der Waals surface area contributed by atoms with Crippen molar-refractivity contribution in [2.24, 2.45) is 0 Å². The lowest BCUT2D eigenvalue weighted by atomic mass is 9.69. The highest BCUT2D eigenvalue weighted by Crippen LogP contribution is 2.63. The molecule has 11 aromatic rings. The van der Waals surface area contributed by atoms with Crippen LogP contribution in [0.25, 0.3) is 87.6 Å². The molecule has 1 atom stereocenters. The first kappa shape index (κ1) is 31.7. The molecule has 2 nitrogen and oxygen atoms in total. The van der Waals surface area contributed by atoms with E-state index in [2.05, 4.69) is 200 Å². The molecule has 58 heavy (non-hydrogen) atoms. The fraction of sp³-hybridized carbons (Fsp3) is 0.0357. The van der Waals surface area contributed by atoms with Gasteiger partial charge in [-0.3, -0.25) is 0 Å². The molecule has 1 aliphatic carbocycles. The van der Waals surface area contributed by atoms with Gasteiger partial charge in [-0.05, 0) is 156 Å². The summed E-state index contributed by atoms with van der Waals surface area (Å²) in [5.41, 5.74) is 16.5. The van der Waals surface area contributed by atoms with Crippen LogP contribution in [0.3, 0.4) is 0 Å². The Labute approximate surface area is 335 Å². The van der Waals surface area contributed by atoms with E-state index in [4.69, 9.17) is 4.42 Å². The van der Waals surface area contributed by atoms with Gasteiger partial charge in [-0.15, -0.1) is 0 Å². The van der Waals surface area contributed by atoms with Gasteiger partial charge in [0.25, 0.3) is 0 Å². The van der Waals surface area contributed by atoms with Crippen molar-refractivity contribution in [2.45, 2.75) is 12.3 Å². The van der Waals surface area contributed by atoms with Crippen molar-refractivity contribution in [1.82, 2.24) is 0 Å². The molecule has 2 aliphatic rings. The number of furan rings is 1. The number of benzene rings is 10. The fourth-order valence-electron chi connectivity index (χ4n) is 10.4. The highest BCUT2D eigenvalue weighted by atomic mass is 16.3. The van der Waals surface area contributed by atoms with Crippen molar-refractivity contribution in [2.75, 3.05) is 4.90 Å². The third kappa shape index (κ3) is 4.32.